The van der Waals surface area contributed by atoms with E-state index in [1.54, 1.807) is 12.1 Å². The Morgan fingerprint density at radius 2 is 1.72 bits per heavy atom. The number of primary amides is 1. The lowest BCUT2D eigenvalue weighted by Gasteiger charge is -2.17. The highest BCUT2D eigenvalue weighted by molar-refractivity contribution is 6.02. The molecule has 0 fully saturated rings. The largest absolute Gasteiger partial charge is 0.416 e. The second kappa shape index (κ2) is 9.58. The molecule has 2 aromatic rings. The molecule has 0 aromatic heterocycles. The van der Waals surface area contributed by atoms with Gasteiger partial charge in [0.25, 0.3) is 5.91 Å². The maximum Gasteiger partial charge on any atom is 0.416 e. The lowest BCUT2D eigenvalue weighted by Crippen LogP contribution is -2.26. The third-order valence-electron chi connectivity index (χ3n) is 4.62. The summed E-state index contributed by atoms with van der Waals surface area (Å²) in [5.74, 6) is -1.03. The van der Waals surface area contributed by atoms with Gasteiger partial charge < -0.3 is 11.1 Å². The van der Waals surface area contributed by atoms with Gasteiger partial charge in [-0.1, -0.05) is 44.9 Å². The van der Waals surface area contributed by atoms with E-state index in [9.17, 15) is 22.8 Å². The van der Waals surface area contributed by atoms with E-state index >= 15 is 0 Å². The van der Waals surface area contributed by atoms with Crippen molar-refractivity contribution in [2.75, 3.05) is 0 Å². The standard InChI is InChI=1S/C22H25F3N2O2/c1-3-6-15-10-11-18(17(7-4-2)19(15)20(26)28)21(29)27-13-14-8-5-9-16(12-14)22(23,24)25/h5,8-12H,3-4,6-7,13H2,1-2H3,(H2,26,28)(H,27,29). The summed E-state index contributed by atoms with van der Waals surface area (Å²) in [6, 6.07) is 8.19. The molecule has 0 saturated heterocycles. The second-order valence-electron chi connectivity index (χ2n) is 6.87. The molecule has 156 valence electrons. The third-order valence-corrected chi connectivity index (χ3v) is 4.62. The fraction of sp³-hybridized carbons (Fsp3) is 0.364. The van der Waals surface area contributed by atoms with E-state index in [1.807, 2.05) is 13.8 Å². The zero-order valence-corrected chi connectivity index (χ0v) is 16.5. The number of nitrogens with two attached hydrogens (primary N) is 1. The molecule has 0 radical (unpaired) electrons. The quantitative estimate of drug-likeness (QED) is 0.670. The van der Waals surface area contributed by atoms with Crippen molar-refractivity contribution in [3.05, 3.63) is 69.8 Å². The Labute approximate surface area is 168 Å². The Balaban J connectivity index is 2.31. The van der Waals surface area contributed by atoms with Crippen molar-refractivity contribution >= 4 is 11.8 Å². The van der Waals surface area contributed by atoms with Crippen molar-refractivity contribution in [2.45, 2.75) is 52.3 Å². The van der Waals surface area contributed by atoms with Gasteiger partial charge in [-0.05, 0) is 47.7 Å². The molecule has 0 aliphatic heterocycles. The van der Waals surface area contributed by atoms with Crippen molar-refractivity contribution in [3.8, 4) is 0 Å². The number of carbonyl (C=O) groups is 2. The predicted octanol–water partition coefficient (Wildman–Crippen LogP) is 4.64. The molecule has 3 N–H and O–H groups in total. The van der Waals surface area contributed by atoms with Gasteiger partial charge in [-0.25, -0.2) is 0 Å². The molecule has 0 atom stereocenters. The summed E-state index contributed by atoms with van der Waals surface area (Å²) in [6.45, 7) is 3.86. The maximum atomic E-state index is 12.9. The molecule has 0 aliphatic carbocycles. The Morgan fingerprint density at radius 1 is 1.03 bits per heavy atom. The van der Waals surface area contributed by atoms with Crippen molar-refractivity contribution < 1.29 is 22.8 Å². The second-order valence-corrected chi connectivity index (χ2v) is 6.87. The molecule has 2 amide bonds. The summed E-state index contributed by atoms with van der Waals surface area (Å²) >= 11 is 0. The van der Waals surface area contributed by atoms with E-state index in [0.29, 0.717) is 41.5 Å². The zero-order chi connectivity index (χ0) is 21.6. The highest BCUT2D eigenvalue weighted by Gasteiger charge is 2.30. The normalized spacial score (nSPS) is 11.3. The fourth-order valence-electron chi connectivity index (χ4n) is 3.34. The molecular weight excluding hydrogens is 381 g/mol. The van der Waals surface area contributed by atoms with Gasteiger partial charge in [-0.15, -0.1) is 0 Å². The topological polar surface area (TPSA) is 72.2 Å². The van der Waals surface area contributed by atoms with Gasteiger partial charge >= 0.3 is 6.18 Å². The van der Waals surface area contributed by atoms with Gasteiger partial charge in [0.05, 0.1) is 5.56 Å². The first-order valence-electron chi connectivity index (χ1n) is 9.57. The van der Waals surface area contributed by atoms with E-state index in [2.05, 4.69) is 5.32 Å². The third kappa shape index (κ3) is 5.59. The molecular formula is C22H25F3N2O2. The average Bonchev–Trinajstić information content (AvgIpc) is 2.66. The number of halogens is 3. The number of carbonyl (C=O) groups excluding carboxylic acids is 2. The Morgan fingerprint density at radius 3 is 2.31 bits per heavy atom. The Hall–Kier alpha value is -2.83. The smallest absolute Gasteiger partial charge is 0.366 e. The Bertz CT molecular complexity index is 892. The number of benzene rings is 2. The van der Waals surface area contributed by atoms with Crippen LogP contribution in [0.3, 0.4) is 0 Å². The van der Waals surface area contributed by atoms with Crippen LogP contribution in [0.15, 0.2) is 36.4 Å². The van der Waals surface area contributed by atoms with Crippen LogP contribution in [0.25, 0.3) is 0 Å². The monoisotopic (exact) mass is 406 g/mol. The molecule has 2 aromatic carbocycles. The van der Waals surface area contributed by atoms with Gasteiger partial charge in [-0.2, -0.15) is 13.2 Å². The molecule has 0 unspecified atom stereocenters. The number of amides is 2. The van der Waals surface area contributed by atoms with E-state index in [0.717, 1.165) is 24.1 Å². The molecule has 29 heavy (non-hydrogen) atoms. The van der Waals surface area contributed by atoms with Crippen LogP contribution >= 0.6 is 0 Å². The van der Waals surface area contributed by atoms with Crippen LogP contribution in [0.1, 0.15) is 69.7 Å². The zero-order valence-electron chi connectivity index (χ0n) is 16.5. The minimum Gasteiger partial charge on any atom is -0.366 e. The summed E-state index contributed by atoms with van der Waals surface area (Å²) in [4.78, 5) is 24.8. The van der Waals surface area contributed by atoms with Crippen LogP contribution < -0.4 is 11.1 Å². The lowest BCUT2D eigenvalue weighted by atomic mass is 9.90. The summed E-state index contributed by atoms with van der Waals surface area (Å²) < 4.78 is 38.6. The first-order valence-corrected chi connectivity index (χ1v) is 9.57. The van der Waals surface area contributed by atoms with Gasteiger partial charge in [0.15, 0.2) is 0 Å². The summed E-state index contributed by atoms with van der Waals surface area (Å²) in [7, 11) is 0. The molecule has 0 spiro atoms. The minimum atomic E-state index is -4.44. The number of aryl methyl sites for hydroxylation is 1. The fourth-order valence-corrected chi connectivity index (χ4v) is 3.34. The van der Waals surface area contributed by atoms with Crippen LogP contribution in [0, 0.1) is 0 Å². The average molecular weight is 406 g/mol. The highest BCUT2D eigenvalue weighted by atomic mass is 19.4. The maximum absolute atomic E-state index is 12.9. The van der Waals surface area contributed by atoms with Crippen molar-refractivity contribution in [1.29, 1.82) is 0 Å². The number of alkyl halides is 3. The summed E-state index contributed by atoms with van der Waals surface area (Å²) in [5, 5.41) is 2.65. The molecule has 0 bridgehead atoms. The number of hydrogen-bond acceptors (Lipinski definition) is 2. The van der Waals surface area contributed by atoms with Crippen molar-refractivity contribution in [3.63, 3.8) is 0 Å². The number of rotatable bonds is 8. The van der Waals surface area contributed by atoms with Crippen LogP contribution in [0.5, 0.6) is 0 Å². The first kappa shape index (κ1) is 22.5. The van der Waals surface area contributed by atoms with Crippen molar-refractivity contribution in [2.24, 2.45) is 5.73 Å². The predicted molar refractivity (Wildman–Crippen MR) is 106 cm³/mol. The van der Waals surface area contributed by atoms with Crippen LogP contribution in [-0.2, 0) is 25.6 Å². The Kier molecular flexibility index (Phi) is 7.42. The SMILES string of the molecule is CCCc1ccc(C(=O)NCc2cccc(C(F)(F)F)c2)c(CCC)c1C(N)=O. The lowest BCUT2D eigenvalue weighted by molar-refractivity contribution is -0.137. The van der Waals surface area contributed by atoms with Crippen molar-refractivity contribution in [1.82, 2.24) is 5.32 Å². The summed E-state index contributed by atoms with van der Waals surface area (Å²) in [5.41, 5.74) is 7.25. The van der Waals surface area contributed by atoms with Gasteiger partial charge in [0, 0.05) is 17.7 Å². The first-order chi connectivity index (χ1) is 13.7. The number of nitrogens with one attached hydrogen (secondary N) is 1. The molecule has 0 saturated carbocycles. The van der Waals surface area contributed by atoms with Gasteiger partial charge in [0.2, 0.25) is 5.91 Å². The van der Waals surface area contributed by atoms with Gasteiger partial charge in [-0.3, -0.25) is 9.59 Å². The highest BCUT2D eigenvalue weighted by Crippen LogP contribution is 2.29. The molecule has 0 aliphatic rings. The van der Waals surface area contributed by atoms with Gasteiger partial charge in [0.1, 0.15) is 0 Å². The minimum absolute atomic E-state index is 0.0586. The van der Waals surface area contributed by atoms with Crippen LogP contribution in [0.2, 0.25) is 0 Å². The number of hydrogen-bond donors (Lipinski definition) is 2. The molecule has 2 rings (SSSR count). The van der Waals surface area contributed by atoms with Crippen LogP contribution in [-0.4, -0.2) is 11.8 Å². The van der Waals surface area contributed by atoms with E-state index < -0.39 is 23.6 Å². The molecule has 7 heteroatoms. The van der Waals surface area contributed by atoms with E-state index in [1.165, 1.54) is 12.1 Å². The van der Waals surface area contributed by atoms with Crippen LogP contribution in [0.4, 0.5) is 13.2 Å². The van der Waals surface area contributed by atoms with E-state index in [4.69, 9.17) is 5.73 Å². The van der Waals surface area contributed by atoms with E-state index in [-0.39, 0.29) is 6.54 Å². The summed E-state index contributed by atoms with van der Waals surface area (Å²) in [6.07, 6.45) is -1.74. The molecule has 0 heterocycles. The molecule has 4 nitrogen and oxygen atoms in total.